The van der Waals surface area contributed by atoms with E-state index in [1.807, 2.05) is 0 Å². The van der Waals surface area contributed by atoms with E-state index in [-0.39, 0.29) is 18.3 Å². The maximum absolute atomic E-state index is 13.7. The lowest BCUT2D eigenvalue weighted by atomic mass is 9.91. The van der Waals surface area contributed by atoms with E-state index in [1.165, 1.54) is 24.3 Å². The van der Waals surface area contributed by atoms with Crippen molar-refractivity contribution >= 4 is 0 Å². The monoisotopic (exact) mass is 265 g/mol. The van der Waals surface area contributed by atoms with Crippen molar-refractivity contribution < 1.29 is 13.2 Å². The third kappa shape index (κ3) is 3.35. The Bertz CT molecular complexity index is 569. The second-order valence-corrected chi connectivity index (χ2v) is 4.43. The first kappa shape index (κ1) is 13.6. The molecule has 0 radical (unpaired) electrons. The van der Waals surface area contributed by atoms with Gasteiger partial charge < -0.3 is 5.73 Å². The van der Waals surface area contributed by atoms with Crippen LogP contribution >= 0.6 is 0 Å². The minimum atomic E-state index is -0.622. The zero-order chi connectivity index (χ0) is 13.8. The summed E-state index contributed by atoms with van der Waals surface area (Å²) in [6.45, 7) is 0.207. The lowest BCUT2D eigenvalue weighted by molar-refractivity contribution is 0.550. The molecule has 1 nitrogen and oxygen atoms in total. The molecular formula is C15H14F3N. The number of halogens is 3. The van der Waals surface area contributed by atoms with Crippen molar-refractivity contribution in [2.24, 2.45) is 5.73 Å². The topological polar surface area (TPSA) is 26.0 Å². The molecule has 0 amide bonds. The Hall–Kier alpha value is -1.81. The Morgan fingerprint density at radius 3 is 2.32 bits per heavy atom. The predicted molar refractivity (Wildman–Crippen MR) is 68.3 cm³/mol. The molecule has 1 unspecified atom stereocenters. The molecular weight excluding hydrogens is 251 g/mol. The SMILES string of the molecule is NCC(Cc1cccc(F)c1)c1ccc(F)cc1F. The van der Waals surface area contributed by atoms with Crippen LogP contribution < -0.4 is 5.73 Å². The third-order valence-electron chi connectivity index (χ3n) is 3.06. The fourth-order valence-electron chi connectivity index (χ4n) is 2.10. The maximum Gasteiger partial charge on any atom is 0.129 e. The minimum Gasteiger partial charge on any atom is -0.330 e. The molecule has 2 aromatic carbocycles. The summed E-state index contributed by atoms with van der Waals surface area (Å²) in [5, 5.41) is 0. The van der Waals surface area contributed by atoms with E-state index >= 15 is 0 Å². The highest BCUT2D eigenvalue weighted by atomic mass is 19.1. The zero-order valence-corrected chi connectivity index (χ0v) is 10.2. The number of hydrogen-bond acceptors (Lipinski definition) is 1. The van der Waals surface area contributed by atoms with Gasteiger partial charge in [-0.2, -0.15) is 0 Å². The molecule has 0 aliphatic rings. The number of rotatable bonds is 4. The molecule has 0 bridgehead atoms. The summed E-state index contributed by atoms with van der Waals surface area (Å²) in [5.74, 6) is -1.88. The maximum atomic E-state index is 13.7. The van der Waals surface area contributed by atoms with Gasteiger partial charge in [-0.05, 0) is 42.3 Å². The molecule has 0 aromatic heterocycles. The van der Waals surface area contributed by atoms with Gasteiger partial charge in [-0.3, -0.25) is 0 Å². The average molecular weight is 265 g/mol. The standard InChI is InChI=1S/C15H14F3N/c16-12-3-1-2-10(7-12)6-11(9-19)14-5-4-13(17)8-15(14)18/h1-5,7-8,11H,6,9,19H2. The normalized spacial score (nSPS) is 12.4. The van der Waals surface area contributed by atoms with Crippen LogP contribution in [0.2, 0.25) is 0 Å². The van der Waals surface area contributed by atoms with E-state index in [0.29, 0.717) is 12.0 Å². The molecule has 0 aliphatic carbocycles. The number of nitrogens with two attached hydrogens (primary N) is 1. The molecule has 0 spiro atoms. The highest BCUT2D eigenvalue weighted by molar-refractivity contribution is 5.26. The molecule has 0 fully saturated rings. The highest BCUT2D eigenvalue weighted by Crippen LogP contribution is 2.23. The van der Waals surface area contributed by atoms with Gasteiger partial charge in [0.1, 0.15) is 17.5 Å². The average Bonchev–Trinajstić information content (AvgIpc) is 2.37. The predicted octanol–water partition coefficient (Wildman–Crippen LogP) is 3.39. The Kier molecular flexibility index (Phi) is 4.22. The zero-order valence-electron chi connectivity index (χ0n) is 10.2. The molecule has 2 aromatic rings. The molecule has 0 aliphatic heterocycles. The summed E-state index contributed by atoms with van der Waals surface area (Å²) < 4.78 is 39.7. The molecule has 4 heteroatoms. The fourth-order valence-corrected chi connectivity index (χ4v) is 2.10. The van der Waals surface area contributed by atoms with Gasteiger partial charge in [0.2, 0.25) is 0 Å². The van der Waals surface area contributed by atoms with Gasteiger partial charge in [-0.15, -0.1) is 0 Å². The minimum absolute atomic E-state index is 0.207. The lowest BCUT2D eigenvalue weighted by Gasteiger charge is -2.16. The summed E-state index contributed by atoms with van der Waals surface area (Å²) in [5.41, 5.74) is 6.73. The van der Waals surface area contributed by atoms with E-state index in [0.717, 1.165) is 11.6 Å². The first-order valence-corrected chi connectivity index (χ1v) is 5.99. The van der Waals surface area contributed by atoms with Crippen LogP contribution in [0.25, 0.3) is 0 Å². The second kappa shape index (κ2) is 5.89. The smallest absolute Gasteiger partial charge is 0.129 e. The van der Waals surface area contributed by atoms with E-state index in [2.05, 4.69) is 0 Å². The van der Waals surface area contributed by atoms with E-state index in [4.69, 9.17) is 5.73 Å². The van der Waals surface area contributed by atoms with Crippen LogP contribution in [0, 0.1) is 17.5 Å². The molecule has 1 atom stereocenters. The van der Waals surface area contributed by atoms with Crippen LogP contribution in [-0.2, 0) is 6.42 Å². The fraction of sp³-hybridized carbons (Fsp3) is 0.200. The van der Waals surface area contributed by atoms with E-state index in [9.17, 15) is 13.2 Å². The van der Waals surface area contributed by atoms with Crippen LogP contribution in [0.15, 0.2) is 42.5 Å². The molecule has 19 heavy (non-hydrogen) atoms. The first-order valence-electron chi connectivity index (χ1n) is 5.99. The quantitative estimate of drug-likeness (QED) is 0.901. The Morgan fingerprint density at radius 2 is 1.68 bits per heavy atom. The number of hydrogen-bond donors (Lipinski definition) is 1. The molecule has 0 heterocycles. The lowest BCUT2D eigenvalue weighted by Crippen LogP contribution is -2.16. The van der Waals surface area contributed by atoms with Gasteiger partial charge in [0.15, 0.2) is 0 Å². The molecule has 100 valence electrons. The highest BCUT2D eigenvalue weighted by Gasteiger charge is 2.15. The molecule has 2 N–H and O–H groups in total. The van der Waals surface area contributed by atoms with Crippen LogP contribution in [0.5, 0.6) is 0 Å². The summed E-state index contributed by atoms with van der Waals surface area (Å²) in [4.78, 5) is 0. The van der Waals surface area contributed by atoms with Crippen molar-refractivity contribution in [1.29, 1.82) is 0 Å². The Labute approximate surface area is 109 Å². The molecule has 0 saturated carbocycles. The Balaban J connectivity index is 2.25. The molecule has 2 rings (SSSR count). The van der Waals surface area contributed by atoms with Gasteiger partial charge in [-0.25, -0.2) is 13.2 Å². The van der Waals surface area contributed by atoms with Crippen molar-refractivity contribution in [3.8, 4) is 0 Å². The van der Waals surface area contributed by atoms with E-state index in [1.54, 1.807) is 12.1 Å². The van der Waals surface area contributed by atoms with Gasteiger partial charge in [-0.1, -0.05) is 18.2 Å². The van der Waals surface area contributed by atoms with E-state index < -0.39 is 11.6 Å². The molecule has 0 saturated heterocycles. The van der Waals surface area contributed by atoms with Crippen LogP contribution in [0.1, 0.15) is 17.0 Å². The van der Waals surface area contributed by atoms with Crippen molar-refractivity contribution in [2.45, 2.75) is 12.3 Å². The summed E-state index contributed by atoms with van der Waals surface area (Å²) in [6.07, 6.45) is 0.414. The Morgan fingerprint density at radius 1 is 0.947 bits per heavy atom. The van der Waals surface area contributed by atoms with Gasteiger partial charge >= 0.3 is 0 Å². The third-order valence-corrected chi connectivity index (χ3v) is 3.06. The summed E-state index contributed by atoms with van der Waals surface area (Å²) >= 11 is 0. The van der Waals surface area contributed by atoms with Crippen molar-refractivity contribution in [1.82, 2.24) is 0 Å². The van der Waals surface area contributed by atoms with Crippen LogP contribution in [-0.4, -0.2) is 6.54 Å². The first-order chi connectivity index (χ1) is 9.10. The van der Waals surface area contributed by atoms with Crippen LogP contribution in [0.3, 0.4) is 0 Å². The largest absolute Gasteiger partial charge is 0.330 e. The van der Waals surface area contributed by atoms with Gasteiger partial charge in [0.25, 0.3) is 0 Å². The second-order valence-electron chi connectivity index (χ2n) is 4.43. The van der Waals surface area contributed by atoms with Crippen LogP contribution in [0.4, 0.5) is 13.2 Å². The van der Waals surface area contributed by atoms with Crippen molar-refractivity contribution in [3.05, 3.63) is 71.0 Å². The van der Waals surface area contributed by atoms with Crippen molar-refractivity contribution in [2.75, 3.05) is 6.54 Å². The summed E-state index contributed by atoms with van der Waals surface area (Å²) in [7, 11) is 0. The summed E-state index contributed by atoms with van der Waals surface area (Å²) in [6, 6.07) is 9.52. The number of benzene rings is 2. The van der Waals surface area contributed by atoms with Gasteiger partial charge in [0, 0.05) is 12.0 Å². The van der Waals surface area contributed by atoms with Gasteiger partial charge in [0.05, 0.1) is 0 Å². The van der Waals surface area contributed by atoms with Crippen molar-refractivity contribution in [3.63, 3.8) is 0 Å².